The minimum absolute atomic E-state index is 0.0629. The van der Waals surface area contributed by atoms with Crippen LogP contribution in [0.4, 0.5) is 10.1 Å². The molecular formula is C13H17FN2O4. The minimum Gasteiger partial charge on any atom is -0.396 e. The summed E-state index contributed by atoms with van der Waals surface area (Å²) in [5, 5.41) is 21.8. The van der Waals surface area contributed by atoms with Crippen molar-refractivity contribution in [2.24, 2.45) is 0 Å². The Labute approximate surface area is 115 Å². The first-order chi connectivity index (χ1) is 9.54. The molecule has 0 radical (unpaired) electrons. The van der Waals surface area contributed by atoms with Crippen LogP contribution in [0.1, 0.15) is 36.0 Å². The van der Waals surface area contributed by atoms with Gasteiger partial charge in [0, 0.05) is 24.8 Å². The number of nitrogens with one attached hydrogen (secondary N) is 1. The Morgan fingerprint density at radius 2 is 1.95 bits per heavy atom. The molecular weight excluding hydrogens is 267 g/mol. The number of halogens is 1. The molecule has 0 aliphatic rings. The molecule has 110 valence electrons. The predicted molar refractivity (Wildman–Crippen MR) is 70.9 cm³/mol. The minimum atomic E-state index is -0.813. The summed E-state index contributed by atoms with van der Waals surface area (Å²) in [5.74, 6) is -1.35. The van der Waals surface area contributed by atoms with E-state index in [2.05, 4.69) is 5.32 Å². The number of carbonyl (C=O) groups excluding carboxylic acids is 1. The summed E-state index contributed by atoms with van der Waals surface area (Å²) in [6.07, 6.45) is 3.20. The summed E-state index contributed by atoms with van der Waals surface area (Å²) in [4.78, 5) is 21.6. The van der Waals surface area contributed by atoms with Crippen LogP contribution in [0.25, 0.3) is 0 Å². The maximum Gasteiger partial charge on any atom is 0.273 e. The Hall–Kier alpha value is -2.02. The summed E-state index contributed by atoms with van der Waals surface area (Å²) in [6.45, 7) is 0.563. The van der Waals surface area contributed by atoms with Gasteiger partial charge in [-0.25, -0.2) is 4.39 Å². The van der Waals surface area contributed by atoms with Crippen LogP contribution in [0.3, 0.4) is 0 Å². The third-order valence-corrected chi connectivity index (χ3v) is 2.73. The second-order valence-corrected chi connectivity index (χ2v) is 4.35. The number of nitro benzene ring substituents is 1. The smallest absolute Gasteiger partial charge is 0.273 e. The van der Waals surface area contributed by atoms with Gasteiger partial charge >= 0.3 is 0 Å². The number of hydrogen-bond donors (Lipinski definition) is 2. The van der Waals surface area contributed by atoms with E-state index in [0.29, 0.717) is 6.54 Å². The summed E-state index contributed by atoms with van der Waals surface area (Å²) >= 11 is 0. The Morgan fingerprint density at radius 1 is 1.25 bits per heavy atom. The van der Waals surface area contributed by atoms with Crippen LogP contribution in [0.15, 0.2) is 18.2 Å². The molecule has 6 nitrogen and oxygen atoms in total. The van der Waals surface area contributed by atoms with E-state index >= 15 is 0 Å². The monoisotopic (exact) mass is 284 g/mol. The number of benzene rings is 1. The van der Waals surface area contributed by atoms with Gasteiger partial charge in [-0.05, 0) is 18.9 Å². The molecule has 0 saturated carbocycles. The molecule has 0 bridgehead atoms. The maximum absolute atomic E-state index is 13.2. The molecule has 0 fully saturated rings. The highest BCUT2D eigenvalue weighted by Gasteiger charge is 2.14. The van der Waals surface area contributed by atoms with Crippen molar-refractivity contribution in [1.82, 2.24) is 5.32 Å². The number of unbranched alkanes of at least 4 members (excludes halogenated alkanes) is 3. The molecule has 0 aliphatic carbocycles. The highest BCUT2D eigenvalue weighted by Crippen LogP contribution is 2.16. The van der Waals surface area contributed by atoms with Gasteiger partial charge in [0.1, 0.15) is 5.82 Å². The zero-order valence-electron chi connectivity index (χ0n) is 11.0. The Balaban J connectivity index is 2.49. The van der Waals surface area contributed by atoms with Crippen molar-refractivity contribution in [3.8, 4) is 0 Å². The fraction of sp³-hybridized carbons (Fsp3) is 0.462. The van der Waals surface area contributed by atoms with Gasteiger partial charge in [0.2, 0.25) is 0 Å². The van der Waals surface area contributed by atoms with Gasteiger partial charge in [0.25, 0.3) is 11.6 Å². The number of carbonyl (C=O) groups is 1. The second kappa shape index (κ2) is 8.21. The lowest BCUT2D eigenvalue weighted by Gasteiger charge is -2.05. The van der Waals surface area contributed by atoms with Gasteiger partial charge in [0.15, 0.2) is 0 Å². The van der Waals surface area contributed by atoms with Gasteiger partial charge in [-0.15, -0.1) is 0 Å². The number of nitro groups is 1. The fourth-order valence-corrected chi connectivity index (χ4v) is 1.70. The zero-order valence-corrected chi connectivity index (χ0v) is 11.0. The zero-order chi connectivity index (χ0) is 15.0. The van der Waals surface area contributed by atoms with E-state index in [0.717, 1.165) is 43.9 Å². The topological polar surface area (TPSA) is 92.5 Å². The van der Waals surface area contributed by atoms with E-state index in [4.69, 9.17) is 5.11 Å². The summed E-state index contributed by atoms with van der Waals surface area (Å²) < 4.78 is 13.2. The van der Waals surface area contributed by atoms with E-state index in [1.807, 2.05) is 0 Å². The lowest BCUT2D eigenvalue weighted by atomic mass is 10.1. The first-order valence-corrected chi connectivity index (χ1v) is 6.38. The number of aliphatic hydroxyl groups excluding tert-OH is 1. The second-order valence-electron chi connectivity index (χ2n) is 4.35. The van der Waals surface area contributed by atoms with E-state index in [1.54, 1.807) is 0 Å². The third kappa shape index (κ3) is 5.31. The number of rotatable bonds is 8. The standard InChI is InChI=1S/C13H17FN2O4/c14-11-7-10(8-12(9-11)16(19)20)13(18)15-5-3-1-2-4-6-17/h7-9,17H,1-6H2,(H,15,18). The number of non-ortho nitro benzene ring substituents is 1. The molecule has 2 N–H and O–H groups in total. The molecule has 0 saturated heterocycles. The average molecular weight is 284 g/mol. The van der Waals surface area contributed by atoms with Crippen LogP contribution in [0.5, 0.6) is 0 Å². The van der Waals surface area contributed by atoms with Gasteiger partial charge in [-0.2, -0.15) is 0 Å². The fourth-order valence-electron chi connectivity index (χ4n) is 1.70. The molecule has 1 aromatic carbocycles. The molecule has 0 heterocycles. The van der Waals surface area contributed by atoms with Crippen molar-refractivity contribution in [3.05, 3.63) is 39.7 Å². The van der Waals surface area contributed by atoms with Crippen molar-refractivity contribution in [2.45, 2.75) is 25.7 Å². The number of amides is 1. The van der Waals surface area contributed by atoms with E-state index in [9.17, 15) is 19.3 Å². The SMILES string of the molecule is O=C(NCCCCCCO)c1cc(F)cc([N+](=O)[O-])c1. The Kier molecular flexibility index (Phi) is 6.58. The van der Waals surface area contributed by atoms with Crippen LogP contribution < -0.4 is 5.32 Å². The molecule has 1 aromatic rings. The quantitative estimate of drug-likeness (QED) is 0.434. The predicted octanol–water partition coefficient (Wildman–Crippen LogP) is 2.02. The van der Waals surface area contributed by atoms with Crippen molar-refractivity contribution in [3.63, 3.8) is 0 Å². The van der Waals surface area contributed by atoms with Gasteiger partial charge < -0.3 is 10.4 Å². The van der Waals surface area contributed by atoms with Crippen LogP contribution >= 0.6 is 0 Å². The Bertz CT molecular complexity index is 479. The molecule has 0 unspecified atom stereocenters. The summed E-state index contributed by atoms with van der Waals surface area (Å²) in [7, 11) is 0. The largest absolute Gasteiger partial charge is 0.396 e. The molecule has 0 atom stereocenters. The lowest BCUT2D eigenvalue weighted by molar-refractivity contribution is -0.385. The van der Waals surface area contributed by atoms with Crippen molar-refractivity contribution in [2.75, 3.05) is 13.2 Å². The van der Waals surface area contributed by atoms with E-state index in [1.165, 1.54) is 0 Å². The van der Waals surface area contributed by atoms with Crippen molar-refractivity contribution >= 4 is 11.6 Å². The average Bonchev–Trinajstić information content (AvgIpc) is 2.41. The molecule has 7 heteroatoms. The Morgan fingerprint density at radius 3 is 2.60 bits per heavy atom. The van der Waals surface area contributed by atoms with Crippen molar-refractivity contribution in [1.29, 1.82) is 0 Å². The molecule has 0 aromatic heterocycles. The highest BCUT2D eigenvalue weighted by molar-refractivity contribution is 5.94. The molecule has 0 spiro atoms. The van der Waals surface area contributed by atoms with Crippen LogP contribution in [-0.4, -0.2) is 29.1 Å². The summed E-state index contributed by atoms with van der Waals surface area (Å²) in [6, 6.07) is 2.78. The third-order valence-electron chi connectivity index (χ3n) is 2.73. The number of nitrogens with zero attached hydrogens (tertiary/aromatic N) is 1. The lowest BCUT2D eigenvalue weighted by Crippen LogP contribution is -2.24. The van der Waals surface area contributed by atoms with Crippen LogP contribution in [-0.2, 0) is 0 Å². The molecule has 0 aliphatic heterocycles. The van der Waals surface area contributed by atoms with Crippen molar-refractivity contribution < 1.29 is 19.2 Å². The first-order valence-electron chi connectivity index (χ1n) is 6.38. The molecule has 1 amide bonds. The highest BCUT2D eigenvalue weighted by atomic mass is 19.1. The molecule has 1 rings (SSSR count). The first kappa shape index (κ1) is 16.0. The molecule has 20 heavy (non-hydrogen) atoms. The van der Waals surface area contributed by atoms with E-state index in [-0.39, 0.29) is 12.2 Å². The van der Waals surface area contributed by atoms with Crippen LogP contribution in [0, 0.1) is 15.9 Å². The van der Waals surface area contributed by atoms with Gasteiger partial charge in [-0.3, -0.25) is 14.9 Å². The van der Waals surface area contributed by atoms with Gasteiger partial charge in [-0.1, -0.05) is 12.8 Å². The van der Waals surface area contributed by atoms with E-state index < -0.39 is 22.3 Å². The van der Waals surface area contributed by atoms with Gasteiger partial charge in [0.05, 0.1) is 11.0 Å². The normalized spacial score (nSPS) is 10.3. The van der Waals surface area contributed by atoms with Crippen LogP contribution in [0.2, 0.25) is 0 Å². The summed E-state index contributed by atoms with van der Waals surface area (Å²) in [5.41, 5.74) is -0.509. The number of hydrogen-bond acceptors (Lipinski definition) is 4. The maximum atomic E-state index is 13.2. The number of aliphatic hydroxyl groups is 1.